The predicted molar refractivity (Wildman–Crippen MR) is 133 cm³/mol. The molecule has 7 nitrogen and oxygen atoms in total. The fraction of sp³-hybridized carbons (Fsp3) is 0.464. The number of benzene rings is 1. The summed E-state index contributed by atoms with van der Waals surface area (Å²) in [4.78, 5) is 15.2. The van der Waals surface area contributed by atoms with Crippen molar-refractivity contribution in [2.75, 3.05) is 24.5 Å². The van der Waals surface area contributed by atoms with E-state index in [1.54, 1.807) is 6.20 Å². The molecular weight excluding hydrogens is 495 g/mol. The number of ether oxygens (including phenoxy) is 2. The largest absolute Gasteiger partial charge is 0.490 e. The second-order valence-corrected chi connectivity index (χ2v) is 11.1. The van der Waals surface area contributed by atoms with Crippen LogP contribution in [0.15, 0.2) is 43.0 Å². The van der Waals surface area contributed by atoms with Gasteiger partial charge in [0.1, 0.15) is 29.7 Å². The molecule has 1 N–H and O–H groups in total. The molecule has 10 heteroatoms. The Hall–Kier alpha value is -3.40. The molecule has 2 saturated carbocycles. The van der Waals surface area contributed by atoms with Gasteiger partial charge in [0.25, 0.3) is 0 Å². The number of hydrogen-bond acceptors (Lipinski definition) is 7. The number of nitrogens with one attached hydrogen (secondary N) is 1. The van der Waals surface area contributed by atoms with Crippen molar-refractivity contribution in [1.29, 1.82) is 0 Å². The zero-order valence-corrected chi connectivity index (χ0v) is 20.8. The summed E-state index contributed by atoms with van der Waals surface area (Å²) in [6.45, 7) is 3.38. The van der Waals surface area contributed by atoms with Crippen LogP contribution in [0.4, 0.5) is 19.0 Å². The highest BCUT2D eigenvalue weighted by atomic mass is 19.3. The average molecular weight is 524 g/mol. The maximum absolute atomic E-state index is 14.0. The molecule has 0 radical (unpaired) electrons. The van der Waals surface area contributed by atoms with Crippen LogP contribution in [0.25, 0.3) is 0 Å². The molecular formula is C28H28F3N5O2. The summed E-state index contributed by atoms with van der Waals surface area (Å²) >= 11 is 0. The van der Waals surface area contributed by atoms with Gasteiger partial charge in [0.15, 0.2) is 11.6 Å². The Morgan fingerprint density at radius 2 is 1.84 bits per heavy atom. The number of alkyl halides is 2. The van der Waals surface area contributed by atoms with Gasteiger partial charge in [-0.05, 0) is 43.0 Å². The van der Waals surface area contributed by atoms with Gasteiger partial charge in [-0.25, -0.2) is 23.1 Å². The van der Waals surface area contributed by atoms with Crippen LogP contribution >= 0.6 is 0 Å². The van der Waals surface area contributed by atoms with E-state index < -0.39 is 17.7 Å². The molecule has 7 rings (SSSR count). The third-order valence-corrected chi connectivity index (χ3v) is 8.29. The summed E-state index contributed by atoms with van der Waals surface area (Å²) in [7, 11) is 0. The SMILES string of the molecule is Fc1ccc(Oc2cncnc2N2CC3(CC(Oc4ccnc5c4CNCC5)C3)C2)c(C2CC(F)(F)C2)c1. The maximum atomic E-state index is 14.0. The topological polar surface area (TPSA) is 72.4 Å². The lowest BCUT2D eigenvalue weighted by Crippen LogP contribution is -2.65. The van der Waals surface area contributed by atoms with Gasteiger partial charge in [-0.1, -0.05) is 0 Å². The van der Waals surface area contributed by atoms with Crippen molar-refractivity contribution in [3.8, 4) is 17.2 Å². The fourth-order valence-electron chi connectivity index (χ4n) is 6.34. The van der Waals surface area contributed by atoms with Crippen LogP contribution in [-0.2, 0) is 13.0 Å². The van der Waals surface area contributed by atoms with E-state index in [-0.39, 0.29) is 24.4 Å². The van der Waals surface area contributed by atoms with E-state index in [2.05, 4.69) is 25.2 Å². The first-order valence-electron chi connectivity index (χ1n) is 13.1. The maximum Gasteiger partial charge on any atom is 0.249 e. The fourth-order valence-corrected chi connectivity index (χ4v) is 6.34. The number of hydrogen-bond donors (Lipinski definition) is 1. The number of fused-ring (bicyclic) bond motifs is 1. The zero-order valence-electron chi connectivity index (χ0n) is 20.8. The van der Waals surface area contributed by atoms with Gasteiger partial charge < -0.3 is 19.7 Å². The van der Waals surface area contributed by atoms with Crippen LogP contribution in [0.2, 0.25) is 0 Å². The Labute approximate surface area is 218 Å². The molecule has 2 aliphatic heterocycles. The standard InChI is InChI=1S/C28H28F3N5O2/c29-18-1-2-23(20(7-18)17-8-28(30,31)9-17)38-25-13-33-16-35-26(25)36-14-27(15-36)10-19(11-27)37-24-4-6-34-22-3-5-32-12-21(22)24/h1-2,4,6-7,13,16-17,19,32H,3,5,8-12,14-15H2. The van der Waals surface area contributed by atoms with Gasteiger partial charge in [0.2, 0.25) is 5.92 Å². The molecule has 0 atom stereocenters. The van der Waals surface area contributed by atoms with Crippen molar-refractivity contribution in [3.63, 3.8) is 0 Å². The molecule has 3 aromatic rings. The van der Waals surface area contributed by atoms with E-state index in [1.807, 2.05) is 12.3 Å². The van der Waals surface area contributed by atoms with Gasteiger partial charge >= 0.3 is 0 Å². The average Bonchev–Trinajstić information content (AvgIpc) is 2.85. The molecule has 1 aromatic carbocycles. The number of halogens is 3. The van der Waals surface area contributed by atoms with Gasteiger partial charge in [-0.2, -0.15) is 0 Å². The highest BCUT2D eigenvalue weighted by Crippen LogP contribution is 2.53. The lowest BCUT2D eigenvalue weighted by molar-refractivity contribution is -0.0870. The first kappa shape index (κ1) is 23.7. The first-order valence-corrected chi connectivity index (χ1v) is 13.1. The van der Waals surface area contributed by atoms with Gasteiger partial charge in [-0.15, -0.1) is 0 Å². The summed E-state index contributed by atoms with van der Waals surface area (Å²) in [5, 5.41) is 3.40. The Balaban J connectivity index is 1.01. The summed E-state index contributed by atoms with van der Waals surface area (Å²) in [5.41, 5.74) is 2.93. The Morgan fingerprint density at radius 1 is 1.00 bits per heavy atom. The van der Waals surface area contributed by atoms with Crippen molar-refractivity contribution in [2.45, 2.75) is 56.6 Å². The van der Waals surface area contributed by atoms with Crippen LogP contribution < -0.4 is 19.7 Å². The quantitative estimate of drug-likeness (QED) is 0.487. The van der Waals surface area contributed by atoms with Crippen LogP contribution in [0.1, 0.15) is 48.4 Å². The second kappa shape index (κ2) is 8.83. The summed E-state index contributed by atoms with van der Waals surface area (Å²) in [5.74, 6) is -1.23. The molecule has 0 amide bonds. The number of rotatable bonds is 6. The number of aromatic nitrogens is 3. The third-order valence-electron chi connectivity index (χ3n) is 8.29. The second-order valence-electron chi connectivity index (χ2n) is 11.1. The minimum Gasteiger partial charge on any atom is -0.490 e. The van der Waals surface area contributed by atoms with Crippen molar-refractivity contribution in [1.82, 2.24) is 20.3 Å². The molecule has 1 spiro atoms. The normalized spacial score (nSPS) is 21.7. The molecule has 2 aliphatic carbocycles. The smallest absolute Gasteiger partial charge is 0.249 e. The van der Waals surface area contributed by atoms with Crippen LogP contribution in [-0.4, -0.2) is 46.6 Å². The van der Waals surface area contributed by atoms with Crippen molar-refractivity contribution >= 4 is 5.82 Å². The van der Waals surface area contributed by atoms with Crippen molar-refractivity contribution in [3.05, 3.63) is 65.6 Å². The molecule has 3 fully saturated rings. The van der Waals surface area contributed by atoms with E-state index in [0.29, 0.717) is 22.9 Å². The number of anilines is 1. The Bertz CT molecular complexity index is 1360. The molecule has 4 aliphatic rings. The van der Waals surface area contributed by atoms with Crippen LogP contribution in [0.3, 0.4) is 0 Å². The van der Waals surface area contributed by atoms with Crippen LogP contribution in [0, 0.1) is 11.2 Å². The highest BCUT2D eigenvalue weighted by Gasteiger charge is 2.54. The third kappa shape index (κ3) is 4.24. The lowest BCUT2D eigenvalue weighted by Gasteiger charge is -2.59. The molecule has 1 saturated heterocycles. The predicted octanol–water partition coefficient (Wildman–Crippen LogP) is 5.01. The summed E-state index contributed by atoms with van der Waals surface area (Å²) in [6, 6.07) is 6.03. The molecule has 2 aromatic heterocycles. The number of pyridine rings is 1. The van der Waals surface area contributed by atoms with Gasteiger partial charge in [0.05, 0.1) is 6.20 Å². The minimum atomic E-state index is -2.71. The van der Waals surface area contributed by atoms with E-state index in [0.717, 1.165) is 56.9 Å². The lowest BCUT2D eigenvalue weighted by atomic mass is 9.61. The van der Waals surface area contributed by atoms with Crippen molar-refractivity contribution < 1.29 is 22.6 Å². The molecule has 4 heterocycles. The Morgan fingerprint density at radius 3 is 2.66 bits per heavy atom. The molecule has 198 valence electrons. The Kier molecular flexibility index (Phi) is 5.51. The molecule has 38 heavy (non-hydrogen) atoms. The van der Waals surface area contributed by atoms with Gasteiger partial charge in [0, 0.05) is 73.9 Å². The van der Waals surface area contributed by atoms with E-state index in [9.17, 15) is 13.2 Å². The summed E-state index contributed by atoms with van der Waals surface area (Å²) < 4.78 is 53.5. The monoisotopic (exact) mass is 523 g/mol. The highest BCUT2D eigenvalue weighted by molar-refractivity contribution is 5.56. The number of nitrogens with zero attached hydrogens (tertiary/aromatic N) is 4. The minimum absolute atomic E-state index is 0.175. The first-order chi connectivity index (χ1) is 18.4. The van der Waals surface area contributed by atoms with E-state index in [4.69, 9.17) is 9.47 Å². The van der Waals surface area contributed by atoms with Crippen molar-refractivity contribution in [2.24, 2.45) is 5.41 Å². The van der Waals surface area contributed by atoms with E-state index >= 15 is 0 Å². The van der Waals surface area contributed by atoms with Gasteiger partial charge in [-0.3, -0.25) is 4.98 Å². The molecule has 0 bridgehead atoms. The van der Waals surface area contributed by atoms with E-state index in [1.165, 1.54) is 30.1 Å². The zero-order chi connectivity index (χ0) is 25.9. The summed E-state index contributed by atoms with van der Waals surface area (Å²) in [6.07, 6.45) is 7.30. The van der Waals surface area contributed by atoms with Crippen LogP contribution in [0.5, 0.6) is 17.2 Å². The molecule has 0 unspecified atom stereocenters.